The van der Waals surface area contributed by atoms with Gasteiger partial charge in [0.15, 0.2) is 0 Å². The van der Waals surface area contributed by atoms with E-state index in [4.69, 9.17) is 14.2 Å². The molecule has 4 rings (SSSR count). The zero-order chi connectivity index (χ0) is 31.3. The Morgan fingerprint density at radius 3 is 1.67 bits per heavy atom. The SMILES string of the molecule is C=C(C)C(=O)OC(C)=C(C)Oc1ccc(-c2ccc(-c3ccc(-c4ccc(OC(=O)C(=C)C)cc4)c(C)c3)cc2)c(F)c1. The molecule has 0 aromatic heterocycles. The summed E-state index contributed by atoms with van der Waals surface area (Å²) in [7, 11) is 0. The summed E-state index contributed by atoms with van der Waals surface area (Å²) in [6.45, 7) is 15.6. The van der Waals surface area contributed by atoms with E-state index < -0.39 is 17.8 Å². The number of allylic oxidation sites excluding steroid dienone is 2. The maximum absolute atomic E-state index is 15.1. The number of halogens is 1. The molecular weight excluding hydrogens is 543 g/mol. The fourth-order valence-corrected chi connectivity index (χ4v) is 4.25. The number of benzene rings is 4. The Hall–Kier alpha value is -5.23. The molecule has 0 aliphatic carbocycles. The number of hydrogen-bond acceptors (Lipinski definition) is 5. The van der Waals surface area contributed by atoms with Gasteiger partial charge in [0.05, 0.1) is 0 Å². The Morgan fingerprint density at radius 2 is 1.09 bits per heavy atom. The molecule has 5 nitrogen and oxygen atoms in total. The molecule has 0 saturated heterocycles. The van der Waals surface area contributed by atoms with E-state index in [1.165, 1.54) is 6.07 Å². The van der Waals surface area contributed by atoms with Crippen molar-refractivity contribution in [3.63, 3.8) is 0 Å². The second kappa shape index (κ2) is 13.2. The summed E-state index contributed by atoms with van der Waals surface area (Å²) in [4.78, 5) is 23.5. The second-order valence-corrected chi connectivity index (χ2v) is 10.3. The first-order valence-electron chi connectivity index (χ1n) is 13.6. The van der Waals surface area contributed by atoms with Crippen molar-refractivity contribution in [3.8, 4) is 44.9 Å². The van der Waals surface area contributed by atoms with Crippen molar-refractivity contribution in [1.29, 1.82) is 0 Å². The summed E-state index contributed by atoms with van der Waals surface area (Å²) in [6.07, 6.45) is 0. The highest BCUT2D eigenvalue weighted by atomic mass is 19.1. The molecule has 6 heteroatoms. The number of hydrogen-bond donors (Lipinski definition) is 0. The average molecular weight is 577 g/mol. The highest BCUT2D eigenvalue weighted by Crippen LogP contribution is 2.32. The fourth-order valence-electron chi connectivity index (χ4n) is 4.25. The Morgan fingerprint density at radius 1 is 0.581 bits per heavy atom. The summed E-state index contributed by atoms with van der Waals surface area (Å²) in [5.41, 5.74) is 6.98. The molecule has 0 bridgehead atoms. The van der Waals surface area contributed by atoms with Crippen molar-refractivity contribution >= 4 is 11.9 Å². The number of ether oxygens (including phenoxy) is 3. The van der Waals surface area contributed by atoms with E-state index in [0.29, 0.717) is 28.4 Å². The normalized spacial score (nSPS) is 11.3. The van der Waals surface area contributed by atoms with Crippen molar-refractivity contribution in [2.24, 2.45) is 0 Å². The van der Waals surface area contributed by atoms with Gasteiger partial charge in [0.2, 0.25) is 0 Å². The third kappa shape index (κ3) is 7.54. The number of carbonyl (C=O) groups excluding carboxylic acids is 2. The minimum absolute atomic E-state index is 0.271. The van der Waals surface area contributed by atoms with Gasteiger partial charge in [-0.1, -0.05) is 67.8 Å². The fraction of sp³-hybridized carbons (Fsp3) is 0.135. The molecule has 0 unspecified atom stereocenters. The van der Waals surface area contributed by atoms with Gasteiger partial charge in [0.1, 0.15) is 28.8 Å². The smallest absolute Gasteiger partial charge is 0.338 e. The maximum Gasteiger partial charge on any atom is 0.338 e. The standard InChI is InChI=1S/C37H33FO5/c1-22(2)36(39)42-26(7)25(6)41-32-17-19-34(35(38)21-32)29-10-8-27(9-11-29)30-14-18-33(24(5)20-30)28-12-15-31(16-13-28)43-37(40)23(3)4/h8-21H,1,3H2,2,4-7H3. The first kappa shape index (κ1) is 30.7. The van der Waals surface area contributed by atoms with Gasteiger partial charge in [-0.15, -0.1) is 0 Å². The maximum atomic E-state index is 15.1. The summed E-state index contributed by atoms with van der Waals surface area (Å²) in [5.74, 6) is -0.0647. The summed E-state index contributed by atoms with van der Waals surface area (Å²) in [5, 5.41) is 0. The van der Waals surface area contributed by atoms with E-state index in [2.05, 4.69) is 25.3 Å². The molecule has 4 aromatic rings. The quantitative estimate of drug-likeness (QED) is 0.0860. The predicted octanol–water partition coefficient (Wildman–Crippen LogP) is 9.37. The molecule has 4 aromatic carbocycles. The van der Waals surface area contributed by atoms with Crippen LogP contribution in [0.25, 0.3) is 33.4 Å². The molecule has 43 heavy (non-hydrogen) atoms. The molecule has 0 saturated carbocycles. The topological polar surface area (TPSA) is 61.8 Å². The van der Waals surface area contributed by atoms with Crippen LogP contribution in [0.4, 0.5) is 4.39 Å². The molecule has 0 radical (unpaired) electrons. The van der Waals surface area contributed by atoms with E-state index >= 15 is 4.39 Å². The lowest BCUT2D eigenvalue weighted by Gasteiger charge is -2.12. The lowest BCUT2D eigenvalue weighted by atomic mass is 9.94. The number of aryl methyl sites for hydroxylation is 1. The minimum Gasteiger partial charge on any atom is -0.458 e. The molecule has 0 heterocycles. The summed E-state index contributed by atoms with van der Waals surface area (Å²) >= 11 is 0. The van der Waals surface area contributed by atoms with Crippen LogP contribution in [0.2, 0.25) is 0 Å². The predicted molar refractivity (Wildman–Crippen MR) is 168 cm³/mol. The molecule has 0 fully saturated rings. The molecule has 0 N–H and O–H groups in total. The van der Waals surface area contributed by atoms with Crippen LogP contribution in [-0.4, -0.2) is 11.9 Å². The van der Waals surface area contributed by atoms with Gasteiger partial charge < -0.3 is 14.2 Å². The van der Waals surface area contributed by atoms with Crippen molar-refractivity contribution in [3.05, 3.63) is 132 Å². The molecule has 0 aliphatic rings. The Bertz CT molecular complexity index is 1750. The van der Waals surface area contributed by atoms with Crippen LogP contribution in [0.1, 0.15) is 33.3 Å². The van der Waals surface area contributed by atoms with E-state index in [0.717, 1.165) is 33.4 Å². The summed E-state index contributed by atoms with van der Waals surface area (Å²) in [6, 6.07) is 25.9. The van der Waals surface area contributed by atoms with Gasteiger partial charge in [-0.2, -0.15) is 0 Å². The van der Waals surface area contributed by atoms with Crippen LogP contribution in [-0.2, 0) is 14.3 Å². The summed E-state index contributed by atoms with van der Waals surface area (Å²) < 4.78 is 31.2. The van der Waals surface area contributed by atoms with E-state index in [1.54, 1.807) is 52.0 Å². The number of rotatable bonds is 9. The zero-order valence-electron chi connectivity index (χ0n) is 24.9. The number of esters is 2. The zero-order valence-corrected chi connectivity index (χ0v) is 24.9. The van der Waals surface area contributed by atoms with Crippen LogP contribution in [0.5, 0.6) is 11.5 Å². The second-order valence-electron chi connectivity index (χ2n) is 10.3. The molecule has 0 spiro atoms. The van der Waals surface area contributed by atoms with Crippen molar-refractivity contribution in [1.82, 2.24) is 0 Å². The Kier molecular flexibility index (Phi) is 9.41. The van der Waals surface area contributed by atoms with Gasteiger partial charge >= 0.3 is 11.9 Å². The third-order valence-electron chi connectivity index (χ3n) is 6.78. The van der Waals surface area contributed by atoms with Crippen LogP contribution < -0.4 is 9.47 Å². The first-order chi connectivity index (χ1) is 20.4. The molecule has 0 aliphatic heterocycles. The van der Waals surface area contributed by atoms with E-state index in [9.17, 15) is 9.59 Å². The third-order valence-corrected chi connectivity index (χ3v) is 6.78. The van der Waals surface area contributed by atoms with Gasteiger partial charge in [0.25, 0.3) is 0 Å². The van der Waals surface area contributed by atoms with E-state index in [1.807, 2.05) is 49.4 Å². The average Bonchev–Trinajstić information content (AvgIpc) is 2.97. The van der Waals surface area contributed by atoms with Crippen LogP contribution in [0.3, 0.4) is 0 Å². The monoisotopic (exact) mass is 576 g/mol. The van der Waals surface area contributed by atoms with Crippen molar-refractivity contribution in [2.75, 3.05) is 0 Å². The Balaban J connectivity index is 1.47. The molecule has 0 atom stereocenters. The van der Waals surface area contributed by atoms with E-state index in [-0.39, 0.29) is 11.3 Å². The largest absolute Gasteiger partial charge is 0.458 e. The van der Waals surface area contributed by atoms with Crippen LogP contribution in [0, 0.1) is 12.7 Å². The lowest BCUT2D eigenvalue weighted by Crippen LogP contribution is -2.07. The van der Waals surface area contributed by atoms with Gasteiger partial charge in [-0.3, -0.25) is 0 Å². The van der Waals surface area contributed by atoms with Gasteiger partial charge in [0, 0.05) is 22.8 Å². The van der Waals surface area contributed by atoms with Gasteiger partial charge in [-0.25, -0.2) is 14.0 Å². The van der Waals surface area contributed by atoms with Crippen molar-refractivity contribution < 1.29 is 28.2 Å². The van der Waals surface area contributed by atoms with Gasteiger partial charge in [-0.05, 0) is 92.3 Å². The molecular formula is C37H33FO5. The van der Waals surface area contributed by atoms with Crippen LogP contribution in [0.15, 0.2) is 121 Å². The highest BCUT2D eigenvalue weighted by Gasteiger charge is 2.12. The Labute approximate surface area is 251 Å². The highest BCUT2D eigenvalue weighted by molar-refractivity contribution is 5.89. The minimum atomic E-state index is -0.549. The lowest BCUT2D eigenvalue weighted by molar-refractivity contribution is -0.135. The first-order valence-corrected chi connectivity index (χ1v) is 13.6. The van der Waals surface area contributed by atoms with Crippen molar-refractivity contribution in [2.45, 2.75) is 34.6 Å². The molecule has 218 valence electrons. The van der Waals surface area contributed by atoms with Crippen LogP contribution >= 0.6 is 0 Å². The number of carbonyl (C=O) groups is 2. The molecule has 0 amide bonds.